The molecule has 0 aromatic rings. The van der Waals surface area contributed by atoms with E-state index in [-0.39, 0.29) is 18.3 Å². The second kappa shape index (κ2) is 16.2. The maximum absolute atomic E-state index is 14.2. The number of likely N-dealkylation sites (tertiary alicyclic amines) is 1. The average Bonchev–Trinajstić information content (AvgIpc) is 2.78. The second-order valence-corrected chi connectivity index (χ2v) is 8.92. The number of carbonyl (C=O) groups is 1. The number of hydroxylamine groups is 1. The van der Waals surface area contributed by atoms with Crippen LogP contribution in [0.1, 0.15) is 85.5 Å². The highest BCUT2D eigenvalue weighted by atomic mass is 19.1. The summed E-state index contributed by atoms with van der Waals surface area (Å²) >= 11 is 0. The molecular formula is C26H45FN2O3. The molecule has 0 aromatic heterocycles. The van der Waals surface area contributed by atoms with Crippen molar-refractivity contribution in [2.45, 2.75) is 91.6 Å². The van der Waals surface area contributed by atoms with Gasteiger partial charge in [-0.15, -0.1) is 0 Å². The Balaban J connectivity index is 2.77. The van der Waals surface area contributed by atoms with Gasteiger partial charge in [-0.2, -0.15) is 0 Å². The zero-order chi connectivity index (χ0) is 23.8. The quantitative estimate of drug-likeness (QED) is 0.250. The van der Waals surface area contributed by atoms with Crippen molar-refractivity contribution in [3.8, 4) is 0 Å². The van der Waals surface area contributed by atoms with Crippen molar-refractivity contribution >= 4 is 5.91 Å². The Morgan fingerprint density at radius 2 is 1.84 bits per heavy atom. The number of halogens is 1. The molecule has 5 nitrogen and oxygen atoms in total. The van der Waals surface area contributed by atoms with Crippen molar-refractivity contribution in [2.24, 2.45) is 5.41 Å². The van der Waals surface area contributed by atoms with Crippen LogP contribution >= 0.6 is 0 Å². The third-order valence-corrected chi connectivity index (χ3v) is 6.05. The van der Waals surface area contributed by atoms with E-state index < -0.39 is 11.5 Å². The standard InChI is InChI=1S/C26H45FN2O3/c1-5-9-13-23(27)18-22(8-4)19-26(14-6-2,15-7-3)25(31)28-32-21-24(30)20-29-16-11-10-12-17-29/h8-9,13,18,24,30H,5-7,10-12,14-17,19-21H2,1-4H3,(H,28,31)/b13-9+,22-8+,23-18+. The number of aliphatic hydroxyl groups excluding tert-OH is 1. The maximum atomic E-state index is 14.2. The zero-order valence-corrected chi connectivity index (χ0v) is 20.7. The Morgan fingerprint density at radius 3 is 2.41 bits per heavy atom. The molecule has 0 aromatic carbocycles. The summed E-state index contributed by atoms with van der Waals surface area (Å²) in [5, 5.41) is 10.3. The first kappa shape index (κ1) is 28.5. The molecule has 1 atom stereocenters. The number of hydrogen-bond donors (Lipinski definition) is 2. The molecule has 6 heteroatoms. The topological polar surface area (TPSA) is 61.8 Å². The Bertz CT molecular complexity index is 619. The van der Waals surface area contributed by atoms with Crippen LogP contribution in [0.15, 0.2) is 35.7 Å². The molecule has 1 aliphatic heterocycles. The molecule has 1 fully saturated rings. The van der Waals surface area contributed by atoms with Gasteiger partial charge in [-0.1, -0.05) is 52.2 Å². The SMILES string of the molecule is C\C=C(/C=C(F)\C=C\CC)CC(CCC)(CCC)C(=O)NOCC(O)CN1CCCCC1. The minimum absolute atomic E-state index is 0.0589. The van der Waals surface area contributed by atoms with E-state index in [1.165, 1.54) is 18.6 Å². The normalized spacial score (nSPS) is 17.7. The lowest BCUT2D eigenvalue weighted by molar-refractivity contribution is -0.148. The fraction of sp³-hybridized carbons (Fsp3) is 0.731. The molecule has 0 aliphatic carbocycles. The van der Waals surface area contributed by atoms with Crippen molar-refractivity contribution in [1.29, 1.82) is 0 Å². The van der Waals surface area contributed by atoms with E-state index in [9.17, 15) is 14.3 Å². The van der Waals surface area contributed by atoms with E-state index in [0.29, 0.717) is 25.8 Å². The van der Waals surface area contributed by atoms with Crippen LogP contribution in [0, 0.1) is 5.41 Å². The monoisotopic (exact) mass is 452 g/mol. The largest absolute Gasteiger partial charge is 0.389 e. The molecule has 1 heterocycles. The van der Waals surface area contributed by atoms with Gasteiger partial charge in [0.05, 0.1) is 11.5 Å². The number of nitrogens with zero attached hydrogens (tertiary/aromatic N) is 1. The number of carbonyl (C=O) groups excluding carboxylic acids is 1. The molecule has 1 amide bonds. The second-order valence-electron chi connectivity index (χ2n) is 8.92. The van der Waals surface area contributed by atoms with Gasteiger partial charge >= 0.3 is 0 Å². The van der Waals surface area contributed by atoms with Gasteiger partial charge in [0.25, 0.3) is 0 Å². The predicted octanol–water partition coefficient (Wildman–Crippen LogP) is 5.62. The Kier molecular flexibility index (Phi) is 14.4. The van der Waals surface area contributed by atoms with Crippen molar-refractivity contribution < 1.29 is 19.1 Å². The summed E-state index contributed by atoms with van der Waals surface area (Å²) in [5.74, 6) is -0.497. The molecule has 1 aliphatic rings. The van der Waals surface area contributed by atoms with Crippen LogP contribution in [0.4, 0.5) is 4.39 Å². The number of nitrogens with one attached hydrogen (secondary N) is 1. The molecule has 2 N–H and O–H groups in total. The van der Waals surface area contributed by atoms with Crippen molar-refractivity contribution in [3.05, 3.63) is 35.7 Å². The molecule has 1 saturated heterocycles. The van der Waals surface area contributed by atoms with Crippen LogP contribution in [-0.4, -0.2) is 48.3 Å². The fourth-order valence-corrected chi connectivity index (χ4v) is 4.45. The third kappa shape index (κ3) is 10.4. The lowest BCUT2D eigenvalue weighted by Crippen LogP contribution is -2.44. The van der Waals surface area contributed by atoms with E-state index in [1.54, 1.807) is 6.08 Å². The van der Waals surface area contributed by atoms with Crippen LogP contribution in [0.3, 0.4) is 0 Å². The van der Waals surface area contributed by atoms with Crippen LogP contribution in [-0.2, 0) is 9.63 Å². The van der Waals surface area contributed by atoms with Gasteiger partial charge in [-0.05, 0) is 76.3 Å². The minimum Gasteiger partial charge on any atom is -0.389 e. The van der Waals surface area contributed by atoms with E-state index in [4.69, 9.17) is 4.84 Å². The first-order valence-electron chi connectivity index (χ1n) is 12.4. The van der Waals surface area contributed by atoms with E-state index in [0.717, 1.165) is 50.8 Å². The lowest BCUT2D eigenvalue weighted by atomic mass is 9.73. The van der Waals surface area contributed by atoms with Gasteiger partial charge in [-0.25, -0.2) is 9.87 Å². The molecule has 0 radical (unpaired) electrons. The number of piperidine rings is 1. The van der Waals surface area contributed by atoms with Crippen molar-refractivity contribution in [1.82, 2.24) is 10.4 Å². The minimum atomic E-state index is -0.672. The Morgan fingerprint density at radius 1 is 1.19 bits per heavy atom. The summed E-state index contributed by atoms with van der Waals surface area (Å²) in [6.45, 7) is 10.6. The zero-order valence-electron chi connectivity index (χ0n) is 20.7. The number of allylic oxidation sites excluding steroid dienone is 6. The van der Waals surface area contributed by atoms with Crippen molar-refractivity contribution in [2.75, 3.05) is 26.2 Å². The van der Waals surface area contributed by atoms with Gasteiger partial charge in [-0.3, -0.25) is 9.63 Å². The van der Waals surface area contributed by atoms with E-state index in [1.807, 2.05) is 19.9 Å². The molecule has 32 heavy (non-hydrogen) atoms. The number of hydrogen-bond acceptors (Lipinski definition) is 4. The average molecular weight is 453 g/mol. The molecular weight excluding hydrogens is 407 g/mol. The van der Waals surface area contributed by atoms with Gasteiger partial charge in [0, 0.05) is 6.54 Å². The highest BCUT2D eigenvalue weighted by Crippen LogP contribution is 2.38. The van der Waals surface area contributed by atoms with Crippen LogP contribution in [0.5, 0.6) is 0 Å². The van der Waals surface area contributed by atoms with Crippen LogP contribution in [0.2, 0.25) is 0 Å². The number of rotatable bonds is 15. The van der Waals surface area contributed by atoms with E-state index in [2.05, 4.69) is 24.2 Å². The fourth-order valence-electron chi connectivity index (χ4n) is 4.45. The van der Waals surface area contributed by atoms with Crippen molar-refractivity contribution in [3.63, 3.8) is 0 Å². The van der Waals surface area contributed by atoms with Crippen LogP contribution in [0.25, 0.3) is 0 Å². The summed E-state index contributed by atoms with van der Waals surface area (Å²) < 4.78 is 14.2. The Hall–Kier alpha value is -1.50. The van der Waals surface area contributed by atoms with Gasteiger partial charge in [0.15, 0.2) is 0 Å². The summed E-state index contributed by atoms with van der Waals surface area (Å²) in [6, 6.07) is 0. The van der Waals surface area contributed by atoms with Gasteiger partial charge < -0.3 is 10.0 Å². The molecule has 0 bridgehead atoms. The highest BCUT2D eigenvalue weighted by Gasteiger charge is 2.37. The molecule has 0 saturated carbocycles. The van der Waals surface area contributed by atoms with E-state index >= 15 is 0 Å². The van der Waals surface area contributed by atoms with Gasteiger partial charge in [0.2, 0.25) is 5.91 Å². The lowest BCUT2D eigenvalue weighted by Gasteiger charge is -2.33. The smallest absolute Gasteiger partial charge is 0.250 e. The molecule has 184 valence electrons. The third-order valence-electron chi connectivity index (χ3n) is 6.05. The highest BCUT2D eigenvalue weighted by molar-refractivity contribution is 5.82. The number of amides is 1. The summed E-state index contributed by atoms with van der Waals surface area (Å²) in [7, 11) is 0. The summed E-state index contributed by atoms with van der Waals surface area (Å²) in [4.78, 5) is 20.9. The number of β-amino-alcohol motifs (C(OH)–C–C–N with tert-alkyl or cyclic N) is 1. The molecule has 1 rings (SSSR count). The molecule has 1 unspecified atom stereocenters. The number of aliphatic hydroxyl groups is 1. The predicted molar refractivity (Wildman–Crippen MR) is 130 cm³/mol. The first-order valence-corrected chi connectivity index (χ1v) is 12.4. The molecule has 0 spiro atoms. The summed E-state index contributed by atoms with van der Waals surface area (Å²) in [6.07, 6.45) is 13.8. The summed E-state index contributed by atoms with van der Waals surface area (Å²) in [5.41, 5.74) is 2.73. The van der Waals surface area contributed by atoms with Crippen LogP contribution < -0.4 is 5.48 Å². The maximum Gasteiger partial charge on any atom is 0.250 e. The Labute approximate surface area is 194 Å². The van der Waals surface area contributed by atoms with Gasteiger partial charge in [0.1, 0.15) is 12.4 Å². The first-order chi connectivity index (χ1) is 15.4.